The van der Waals surface area contributed by atoms with E-state index in [-0.39, 0.29) is 23.4 Å². The molecule has 12 heteroatoms. The number of rotatable bonds is 7. The molecule has 34 heavy (non-hydrogen) atoms. The van der Waals surface area contributed by atoms with E-state index in [0.29, 0.717) is 11.1 Å². The molecule has 0 radical (unpaired) electrons. The Balaban J connectivity index is 1.69. The van der Waals surface area contributed by atoms with Crippen molar-refractivity contribution in [1.82, 2.24) is 33.4 Å². The Labute approximate surface area is 195 Å². The fraction of sp³-hybridized carbons (Fsp3) is 0.364. The molecular weight excluding hydrogens is 458 g/mol. The molecule has 5 rings (SSSR count). The second-order valence-corrected chi connectivity index (χ2v) is 10.8. The smallest absolute Gasteiger partial charge is 0.289 e. The van der Waals surface area contributed by atoms with Gasteiger partial charge in [-0.05, 0) is 38.0 Å². The molecule has 0 unspecified atom stereocenters. The molecule has 0 aliphatic heterocycles. The average Bonchev–Trinajstić information content (AvgIpc) is 3.14. The van der Waals surface area contributed by atoms with Gasteiger partial charge < -0.3 is 0 Å². The van der Waals surface area contributed by atoms with E-state index in [1.807, 2.05) is 6.92 Å². The van der Waals surface area contributed by atoms with Crippen LogP contribution in [0.1, 0.15) is 30.9 Å². The van der Waals surface area contributed by atoms with E-state index < -0.39 is 26.8 Å². The average molecular weight is 484 g/mol. The minimum absolute atomic E-state index is 0.00951. The highest BCUT2D eigenvalue weighted by atomic mass is 32.2. The maximum Gasteiger partial charge on any atom is 0.332 e. The fourth-order valence-corrected chi connectivity index (χ4v) is 5.50. The molecule has 1 aromatic carbocycles. The van der Waals surface area contributed by atoms with Gasteiger partial charge in [0.05, 0.1) is 41.3 Å². The van der Waals surface area contributed by atoms with Crippen LogP contribution in [0.5, 0.6) is 0 Å². The van der Waals surface area contributed by atoms with Gasteiger partial charge in [0.1, 0.15) is 0 Å². The fourth-order valence-electron chi connectivity index (χ4n) is 4.01. The Hall–Kier alpha value is -3.51. The number of nitrogens with zero attached hydrogens (tertiary/aromatic N) is 6. The highest BCUT2D eigenvalue weighted by Crippen LogP contribution is 2.36. The molecule has 3 aromatic heterocycles. The number of hydrogen-bond acceptors (Lipinski definition) is 6. The monoisotopic (exact) mass is 483 g/mol. The zero-order valence-corrected chi connectivity index (χ0v) is 19.9. The second kappa shape index (κ2) is 7.77. The molecule has 1 fully saturated rings. The predicted octanol–water partition coefficient (Wildman–Crippen LogP) is 0.558. The normalized spacial score (nSPS) is 15.1. The van der Waals surface area contributed by atoms with Crippen LogP contribution >= 0.6 is 0 Å². The van der Waals surface area contributed by atoms with Crippen molar-refractivity contribution in [3.63, 3.8) is 0 Å². The van der Waals surface area contributed by atoms with E-state index in [9.17, 15) is 18.0 Å². The lowest BCUT2D eigenvalue weighted by Gasteiger charge is -2.16. The van der Waals surface area contributed by atoms with Crippen LogP contribution in [-0.2, 0) is 37.2 Å². The Morgan fingerprint density at radius 1 is 0.971 bits per heavy atom. The number of hydrogen-bond donors (Lipinski definition) is 1. The number of nitrogens with one attached hydrogen (secondary N) is 1. The molecule has 1 aliphatic rings. The maximum absolute atomic E-state index is 13.4. The van der Waals surface area contributed by atoms with E-state index in [1.54, 1.807) is 48.2 Å². The second-order valence-electron chi connectivity index (χ2n) is 9.15. The Kier molecular flexibility index (Phi) is 5.10. The molecule has 3 heterocycles. The van der Waals surface area contributed by atoms with E-state index >= 15 is 0 Å². The Bertz CT molecular complexity index is 1640. The molecule has 1 N–H and O–H groups in total. The largest absolute Gasteiger partial charge is 0.332 e. The first-order valence-electron chi connectivity index (χ1n) is 10.8. The molecule has 1 aliphatic carbocycles. The summed E-state index contributed by atoms with van der Waals surface area (Å²) in [5.41, 5.74) is 0.315. The number of sulfonamides is 1. The van der Waals surface area contributed by atoms with Gasteiger partial charge in [-0.3, -0.25) is 23.3 Å². The van der Waals surface area contributed by atoms with Crippen molar-refractivity contribution in [2.24, 2.45) is 14.1 Å². The minimum Gasteiger partial charge on any atom is -0.289 e. The first kappa shape index (κ1) is 22.3. The van der Waals surface area contributed by atoms with Crippen LogP contribution in [0.3, 0.4) is 0 Å². The Morgan fingerprint density at radius 2 is 1.56 bits per heavy atom. The van der Waals surface area contributed by atoms with Crippen LogP contribution in [0, 0.1) is 0 Å². The third-order valence-electron chi connectivity index (χ3n) is 6.09. The van der Waals surface area contributed by atoms with Gasteiger partial charge in [0.15, 0.2) is 0 Å². The first-order chi connectivity index (χ1) is 16.0. The third-order valence-corrected chi connectivity index (χ3v) is 7.72. The third kappa shape index (κ3) is 4.10. The van der Waals surface area contributed by atoms with E-state index in [1.165, 1.54) is 22.8 Å². The standard InChI is InChI=1S/C22H25N7O4S/c1-22(6-7-22)25-34(32,33)17-4-5-19-18(8-17)20(30)29(14-16-10-24-27(3)12-16)21(31)28(19)13-15-9-23-26(2)11-15/h4-5,8-12,25H,6-7,13-14H2,1-3H3. The Morgan fingerprint density at radius 3 is 2.09 bits per heavy atom. The van der Waals surface area contributed by atoms with Crippen molar-refractivity contribution in [3.05, 3.63) is 75.0 Å². The van der Waals surface area contributed by atoms with Gasteiger partial charge in [-0.1, -0.05) is 0 Å². The summed E-state index contributed by atoms with van der Waals surface area (Å²) in [7, 11) is -0.299. The summed E-state index contributed by atoms with van der Waals surface area (Å²) in [6.45, 7) is 2.04. The van der Waals surface area contributed by atoms with Crippen molar-refractivity contribution in [1.29, 1.82) is 0 Å². The topological polar surface area (TPSA) is 126 Å². The van der Waals surface area contributed by atoms with Crippen molar-refractivity contribution in [2.75, 3.05) is 0 Å². The number of aryl methyl sites for hydroxylation is 2. The van der Waals surface area contributed by atoms with Crippen LogP contribution in [0.15, 0.2) is 57.5 Å². The predicted molar refractivity (Wildman–Crippen MR) is 125 cm³/mol. The van der Waals surface area contributed by atoms with Gasteiger partial charge >= 0.3 is 5.69 Å². The SMILES string of the molecule is Cn1cc(Cn2c(=O)c3cc(S(=O)(=O)NC4(C)CC4)ccc3n(Cc3cnn(C)c3)c2=O)cn1. The van der Waals surface area contributed by atoms with Gasteiger partial charge in [-0.25, -0.2) is 17.9 Å². The molecule has 1 saturated carbocycles. The van der Waals surface area contributed by atoms with Crippen molar-refractivity contribution in [3.8, 4) is 0 Å². The molecule has 0 bridgehead atoms. The molecule has 0 amide bonds. The van der Waals surface area contributed by atoms with Gasteiger partial charge in [0, 0.05) is 43.2 Å². The van der Waals surface area contributed by atoms with Gasteiger partial charge in [-0.2, -0.15) is 10.2 Å². The summed E-state index contributed by atoms with van der Waals surface area (Å²) in [6, 6.07) is 4.30. The molecule has 0 saturated heterocycles. The molecule has 178 valence electrons. The van der Waals surface area contributed by atoms with Crippen LogP contribution in [0.25, 0.3) is 10.9 Å². The van der Waals surface area contributed by atoms with Crippen LogP contribution in [-0.4, -0.2) is 42.7 Å². The van der Waals surface area contributed by atoms with Crippen molar-refractivity contribution in [2.45, 2.75) is 43.3 Å². The maximum atomic E-state index is 13.4. The van der Waals surface area contributed by atoms with Crippen LogP contribution < -0.4 is 16.0 Å². The first-order valence-corrected chi connectivity index (χ1v) is 12.3. The molecule has 0 spiro atoms. The van der Waals surface area contributed by atoms with Crippen LogP contribution in [0.2, 0.25) is 0 Å². The van der Waals surface area contributed by atoms with Crippen molar-refractivity contribution < 1.29 is 8.42 Å². The molecule has 11 nitrogen and oxygen atoms in total. The lowest BCUT2D eigenvalue weighted by molar-refractivity contribution is 0.558. The van der Waals surface area contributed by atoms with E-state index in [2.05, 4.69) is 14.9 Å². The number of fused-ring (bicyclic) bond motifs is 1. The number of aromatic nitrogens is 6. The summed E-state index contributed by atoms with van der Waals surface area (Å²) in [4.78, 5) is 26.9. The van der Waals surface area contributed by atoms with E-state index in [0.717, 1.165) is 23.0 Å². The molecule has 4 aromatic rings. The zero-order chi connectivity index (χ0) is 24.3. The summed E-state index contributed by atoms with van der Waals surface area (Å²) >= 11 is 0. The van der Waals surface area contributed by atoms with Crippen LogP contribution in [0.4, 0.5) is 0 Å². The molecular formula is C22H25N7O4S. The summed E-state index contributed by atoms with van der Waals surface area (Å²) in [5.74, 6) is 0. The lowest BCUT2D eigenvalue weighted by Crippen LogP contribution is -2.40. The number of benzene rings is 1. The van der Waals surface area contributed by atoms with Gasteiger partial charge in [0.25, 0.3) is 5.56 Å². The zero-order valence-electron chi connectivity index (χ0n) is 19.1. The highest BCUT2D eigenvalue weighted by Gasteiger charge is 2.41. The summed E-state index contributed by atoms with van der Waals surface area (Å²) in [5, 5.41) is 8.41. The van der Waals surface area contributed by atoms with E-state index in [4.69, 9.17) is 0 Å². The quantitative estimate of drug-likeness (QED) is 0.409. The van der Waals surface area contributed by atoms with Gasteiger partial charge in [-0.15, -0.1) is 0 Å². The summed E-state index contributed by atoms with van der Waals surface area (Å²) < 4.78 is 34.4. The lowest BCUT2D eigenvalue weighted by atomic mass is 10.2. The highest BCUT2D eigenvalue weighted by molar-refractivity contribution is 7.89. The van der Waals surface area contributed by atoms with Crippen molar-refractivity contribution >= 4 is 20.9 Å². The summed E-state index contributed by atoms with van der Waals surface area (Å²) in [6.07, 6.45) is 8.28. The van der Waals surface area contributed by atoms with Gasteiger partial charge in [0.2, 0.25) is 10.0 Å². The minimum atomic E-state index is -3.82. The molecule has 0 atom stereocenters.